The lowest BCUT2D eigenvalue weighted by Gasteiger charge is -2.22. The van der Waals surface area contributed by atoms with Crippen LogP contribution in [0.25, 0.3) is 54.2 Å². The molecule has 0 spiro atoms. The Labute approximate surface area is 322 Å². The van der Waals surface area contributed by atoms with Gasteiger partial charge in [0.25, 0.3) is 0 Å². The first-order chi connectivity index (χ1) is 26.5. The SMILES string of the molecule is CCCCCCCCC(=O)Oc1c2ccccc2c(-c2c3ccccc3c(OC(=O)CCCCCCCC)c3ccc(CC)cc23)c2cc(CC)ccc12. The molecular formula is C50H58O4. The second-order valence-electron chi connectivity index (χ2n) is 15.0. The molecule has 0 fully saturated rings. The first-order valence-corrected chi connectivity index (χ1v) is 20.8. The number of carbonyl (C=O) groups is 2. The van der Waals surface area contributed by atoms with Gasteiger partial charge in [0.2, 0.25) is 0 Å². The molecule has 4 heteroatoms. The van der Waals surface area contributed by atoms with Crippen molar-refractivity contribution in [1.29, 1.82) is 0 Å². The van der Waals surface area contributed by atoms with Crippen LogP contribution < -0.4 is 9.47 Å². The lowest BCUT2D eigenvalue weighted by atomic mass is 9.84. The molecule has 0 aliphatic carbocycles. The summed E-state index contributed by atoms with van der Waals surface area (Å²) in [6, 6.07) is 29.8. The Bertz CT molecular complexity index is 2070. The molecule has 0 N–H and O–H groups in total. The van der Waals surface area contributed by atoms with Crippen LogP contribution in [0.4, 0.5) is 0 Å². The zero-order valence-corrected chi connectivity index (χ0v) is 33.0. The highest BCUT2D eigenvalue weighted by atomic mass is 16.5. The maximum atomic E-state index is 13.5. The summed E-state index contributed by atoms with van der Waals surface area (Å²) in [5.74, 6) is 0.900. The normalized spacial score (nSPS) is 11.6. The van der Waals surface area contributed by atoms with Crippen LogP contribution in [0.1, 0.15) is 129 Å². The lowest BCUT2D eigenvalue weighted by Crippen LogP contribution is -2.09. The molecular weight excluding hydrogens is 665 g/mol. The Morgan fingerprint density at radius 3 is 1.15 bits per heavy atom. The fraction of sp³-hybridized carbons (Fsp3) is 0.400. The van der Waals surface area contributed by atoms with E-state index >= 15 is 0 Å². The van der Waals surface area contributed by atoms with Crippen LogP contribution >= 0.6 is 0 Å². The smallest absolute Gasteiger partial charge is 0.311 e. The van der Waals surface area contributed by atoms with Crippen LogP contribution in [0.2, 0.25) is 0 Å². The third-order valence-electron chi connectivity index (χ3n) is 11.0. The van der Waals surface area contributed by atoms with Crippen molar-refractivity contribution < 1.29 is 19.1 Å². The van der Waals surface area contributed by atoms with E-state index in [0.29, 0.717) is 24.3 Å². The molecule has 6 rings (SSSR count). The van der Waals surface area contributed by atoms with Crippen LogP contribution in [-0.2, 0) is 22.4 Å². The van der Waals surface area contributed by atoms with Gasteiger partial charge in [0, 0.05) is 34.4 Å². The van der Waals surface area contributed by atoms with Gasteiger partial charge in [-0.25, -0.2) is 0 Å². The van der Waals surface area contributed by atoms with Crippen molar-refractivity contribution in [3.8, 4) is 22.6 Å². The molecule has 54 heavy (non-hydrogen) atoms. The van der Waals surface area contributed by atoms with E-state index < -0.39 is 0 Å². The number of aryl methyl sites for hydroxylation is 2. The molecule has 0 heterocycles. The number of hydrogen-bond acceptors (Lipinski definition) is 4. The summed E-state index contributed by atoms with van der Waals surface area (Å²) in [6.07, 6.45) is 16.0. The second-order valence-corrected chi connectivity index (χ2v) is 15.0. The number of carbonyl (C=O) groups excluding carboxylic acids is 2. The third-order valence-corrected chi connectivity index (χ3v) is 11.0. The minimum Gasteiger partial charge on any atom is -0.425 e. The number of rotatable bonds is 19. The topological polar surface area (TPSA) is 52.6 Å². The van der Waals surface area contributed by atoms with Gasteiger partial charge in [0.1, 0.15) is 11.5 Å². The maximum absolute atomic E-state index is 13.5. The Morgan fingerprint density at radius 1 is 0.407 bits per heavy atom. The highest BCUT2D eigenvalue weighted by Crippen LogP contribution is 2.50. The maximum Gasteiger partial charge on any atom is 0.311 e. The van der Waals surface area contributed by atoms with Gasteiger partial charge in [0.05, 0.1) is 0 Å². The van der Waals surface area contributed by atoms with E-state index in [1.54, 1.807) is 0 Å². The van der Waals surface area contributed by atoms with Gasteiger partial charge in [-0.1, -0.05) is 177 Å². The fourth-order valence-corrected chi connectivity index (χ4v) is 8.00. The van der Waals surface area contributed by atoms with Gasteiger partial charge in [-0.2, -0.15) is 0 Å². The quantitative estimate of drug-likeness (QED) is 0.0361. The number of benzene rings is 6. The molecule has 0 unspecified atom stereocenters. The van der Waals surface area contributed by atoms with Crippen molar-refractivity contribution in [3.63, 3.8) is 0 Å². The Balaban J connectivity index is 1.52. The van der Waals surface area contributed by atoms with Crippen LogP contribution in [-0.4, -0.2) is 11.9 Å². The lowest BCUT2D eigenvalue weighted by molar-refractivity contribution is -0.135. The molecule has 282 valence electrons. The molecule has 0 saturated heterocycles. The fourth-order valence-electron chi connectivity index (χ4n) is 8.00. The molecule has 0 bridgehead atoms. The summed E-state index contributed by atoms with van der Waals surface area (Å²) in [4.78, 5) is 26.9. The summed E-state index contributed by atoms with van der Waals surface area (Å²) < 4.78 is 12.7. The van der Waals surface area contributed by atoms with E-state index in [1.165, 1.54) is 49.7 Å². The predicted molar refractivity (Wildman–Crippen MR) is 228 cm³/mol. The first-order valence-electron chi connectivity index (χ1n) is 20.8. The van der Waals surface area contributed by atoms with Crippen molar-refractivity contribution in [1.82, 2.24) is 0 Å². The van der Waals surface area contributed by atoms with E-state index in [9.17, 15) is 9.59 Å². The molecule has 0 aromatic heterocycles. The van der Waals surface area contributed by atoms with E-state index in [2.05, 4.69) is 100 Å². The van der Waals surface area contributed by atoms with E-state index in [0.717, 1.165) is 106 Å². The summed E-state index contributed by atoms with van der Waals surface area (Å²) in [6.45, 7) is 8.79. The van der Waals surface area contributed by atoms with Crippen molar-refractivity contribution in [2.24, 2.45) is 0 Å². The largest absolute Gasteiger partial charge is 0.425 e. The Morgan fingerprint density at radius 2 is 0.759 bits per heavy atom. The molecule has 0 atom stereocenters. The summed E-state index contributed by atoms with van der Waals surface area (Å²) in [5, 5.41) is 7.85. The average molecular weight is 723 g/mol. The van der Waals surface area contributed by atoms with Gasteiger partial charge in [-0.15, -0.1) is 0 Å². The number of esters is 2. The number of unbranched alkanes of at least 4 members (excludes halogenated alkanes) is 10. The van der Waals surface area contributed by atoms with Crippen LogP contribution in [0.3, 0.4) is 0 Å². The number of hydrogen-bond donors (Lipinski definition) is 0. The highest BCUT2D eigenvalue weighted by Gasteiger charge is 2.24. The summed E-state index contributed by atoms with van der Waals surface area (Å²) in [5.41, 5.74) is 4.63. The monoisotopic (exact) mass is 722 g/mol. The van der Waals surface area contributed by atoms with Gasteiger partial charge in [-0.05, 0) is 69.5 Å². The van der Waals surface area contributed by atoms with E-state index in [4.69, 9.17) is 9.47 Å². The molecule has 0 aliphatic heterocycles. The van der Waals surface area contributed by atoms with Gasteiger partial charge < -0.3 is 9.47 Å². The molecule has 0 radical (unpaired) electrons. The molecule has 0 saturated carbocycles. The summed E-state index contributed by atoms with van der Waals surface area (Å²) in [7, 11) is 0. The second kappa shape index (κ2) is 19.1. The molecule has 6 aromatic carbocycles. The summed E-state index contributed by atoms with van der Waals surface area (Å²) >= 11 is 0. The molecule has 0 amide bonds. The van der Waals surface area contributed by atoms with Crippen molar-refractivity contribution in [2.45, 2.75) is 130 Å². The zero-order chi connectivity index (χ0) is 37.9. The standard InChI is InChI=1S/C50H58O4/c1-5-9-11-13-15-17-27-45(51)53-49-39-25-21-19-23-37(39)47(43-33-35(7-3)29-31-41(43)49)48-38-24-20-22-26-40(38)50(42-32-30-36(8-4)34-44(42)48)54-46(52)28-18-16-14-12-10-6-2/h19-26,29-34H,5-18,27-28H2,1-4H3. The van der Waals surface area contributed by atoms with Crippen LogP contribution in [0.15, 0.2) is 84.9 Å². The van der Waals surface area contributed by atoms with Crippen molar-refractivity contribution in [3.05, 3.63) is 96.1 Å². The molecule has 4 nitrogen and oxygen atoms in total. The molecule has 0 aliphatic rings. The minimum absolute atomic E-state index is 0.181. The zero-order valence-electron chi connectivity index (χ0n) is 33.0. The van der Waals surface area contributed by atoms with Crippen molar-refractivity contribution >= 4 is 55.0 Å². The van der Waals surface area contributed by atoms with Crippen LogP contribution in [0, 0.1) is 0 Å². The van der Waals surface area contributed by atoms with E-state index in [-0.39, 0.29) is 11.9 Å². The Hall–Kier alpha value is -4.70. The highest BCUT2D eigenvalue weighted by molar-refractivity contribution is 6.27. The van der Waals surface area contributed by atoms with Gasteiger partial charge in [0.15, 0.2) is 0 Å². The van der Waals surface area contributed by atoms with Gasteiger partial charge >= 0.3 is 11.9 Å². The Kier molecular flexibility index (Phi) is 13.8. The predicted octanol–water partition coefficient (Wildman–Crippen LogP) is 14.4. The third kappa shape index (κ3) is 8.81. The number of fused-ring (bicyclic) bond motifs is 4. The van der Waals surface area contributed by atoms with Crippen LogP contribution in [0.5, 0.6) is 11.5 Å². The average Bonchev–Trinajstić information content (AvgIpc) is 3.20. The van der Waals surface area contributed by atoms with Crippen molar-refractivity contribution in [2.75, 3.05) is 0 Å². The van der Waals surface area contributed by atoms with E-state index in [1.807, 2.05) is 12.1 Å². The molecule has 6 aromatic rings. The van der Waals surface area contributed by atoms with Gasteiger partial charge in [-0.3, -0.25) is 9.59 Å². The minimum atomic E-state index is -0.181. The first kappa shape index (κ1) is 39.0. The number of ether oxygens (including phenoxy) is 2.